The van der Waals surface area contributed by atoms with Crippen molar-refractivity contribution in [1.29, 1.82) is 0 Å². The van der Waals surface area contributed by atoms with Gasteiger partial charge in [0.1, 0.15) is 11.1 Å². The summed E-state index contributed by atoms with van der Waals surface area (Å²) in [5, 5.41) is 4.82. The van der Waals surface area contributed by atoms with Crippen LogP contribution >= 0.6 is 23.1 Å². The van der Waals surface area contributed by atoms with Gasteiger partial charge in [-0.3, -0.25) is 0 Å². The van der Waals surface area contributed by atoms with Gasteiger partial charge in [0.25, 0.3) is 0 Å². The lowest BCUT2D eigenvalue weighted by molar-refractivity contribution is 0.0754. The van der Waals surface area contributed by atoms with Crippen molar-refractivity contribution in [1.82, 2.24) is 10.3 Å². The number of thioether (sulfide) groups is 1. The Morgan fingerprint density at radius 2 is 2.25 bits per heavy atom. The highest BCUT2D eigenvalue weighted by atomic mass is 32.2. The molecule has 0 amide bonds. The van der Waals surface area contributed by atoms with Gasteiger partial charge in [0, 0.05) is 29.0 Å². The van der Waals surface area contributed by atoms with Crippen LogP contribution < -0.4 is 5.32 Å². The van der Waals surface area contributed by atoms with Gasteiger partial charge in [-0.2, -0.15) is 11.8 Å². The maximum Gasteiger partial charge on any atom is 0.123 e. The van der Waals surface area contributed by atoms with E-state index < -0.39 is 0 Å². The molecule has 1 aliphatic heterocycles. The summed E-state index contributed by atoms with van der Waals surface area (Å²) in [4.78, 5) is 6.34. The topological polar surface area (TPSA) is 34.1 Å². The molecule has 20 heavy (non-hydrogen) atoms. The van der Waals surface area contributed by atoms with Gasteiger partial charge in [0.05, 0.1) is 12.3 Å². The summed E-state index contributed by atoms with van der Waals surface area (Å²) < 4.78 is 5.88. The first-order valence-corrected chi connectivity index (χ1v) is 9.60. The first kappa shape index (κ1) is 14.8. The third-order valence-corrected chi connectivity index (χ3v) is 5.80. The molecule has 2 heterocycles. The molecule has 5 heteroatoms. The number of hydrogen-bond acceptors (Lipinski definition) is 5. The number of nitrogens with zero attached hydrogens (tertiary/aromatic N) is 1. The number of aromatic nitrogens is 1. The predicted octanol–water partition coefficient (Wildman–Crippen LogP) is 3.40. The summed E-state index contributed by atoms with van der Waals surface area (Å²) in [5.74, 6) is 2.84. The van der Waals surface area contributed by atoms with Crippen LogP contribution in [0, 0.1) is 5.92 Å². The van der Waals surface area contributed by atoms with E-state index in [2.05, 4.69) is 19.2 Å². The zero-order valence-electron chi connectivity index (χ0n) is 12.4. The molecule has 1 atom stereocenters. The molecular weight excluding hydrogens is 288 g/mol. The van der Waals surface area contributed by atoms with Crippen LogP contribution in [0.25, 0.3) is 0 Å². The summed E-state index contributed by atoms with van der Waals surface area (Å²) in [6.07, 6.45) is 3.98. The Morgan fingerprint density at radius 1 is 1.40 bits per heavy atom. The SMILES string of the molecule is CC(C)Cc1nc(C2CSCCO2)sc1CNC1CC1. The normalized spacial score (nSPS) is 23.4. The lowest BCUT2D eigenvalue weighted by Gasteiger charge is -2.19. The molecule has 1 N–H and O–H groups in total. The fraction of sp³-hybridized carbons (Fsp3) is 0.800. The van der Waals surface area contributed by atoms with Gasteiger partial charge < -0.3 is 10.1 Å². The fourth-order valence-corrected chi connectivity index (χ4v) is 4.43. The quantitative estimate of drug-likeness (QED) is 0.873. The lowest BCUT2D eigenvalue weighted by Crippen LogP contribution is -2.15. The van der Waals surface area contributed by atoms with E-state index in [4.69, 9.17) is 9.72 Å². The van der Waals surface area contributed by atoms with E-state index in [0.717, 1.165) is 37.1 Å². The van der Waals surface area contributed by atoms with E-state index in [1.54, 1.807) is 0 Å². The van der Waals surface area contributed by atoms with Gasteiger partial charge >= 0.3 is 0 Å². The van der Waals surface area contributed by atoms with Crippen LogP contribution in [-0.4, -0.2) is 29.1 Å². The molecule has 0 aromatic carbocycles. The second-order valence-corrected chi connectivity index (χ2v) is 8.37. The van der Waals surface area contributed by atoms with E-state index in [1.807, 2.05) is 23.1 Å². The smallest absolute Gasteiger partial charge is 0.123 e. The van der Waals surface area contributed by atoms with Gasteiger partial charge in [-0.05, 0) is 25.2 Å². The molecule has 2 fully saturated rings. The molecular formula is C15H24N2OS2. The minimum absolute atomic E-state index is 0.222. The van der Waals surface area contributed by atoms with Gasteiger partial charge in [0.15, 0.2) is 0 Å². The van der Waals surface area contributed by atoms with E-state index in [0.29, 0.717) is 5.92 Å². The van der Waals surface area contributed by atoms with Gasteiger partial charge in [-0.25, -0.2) is 4.98 Å². The number of thiazole rings is 1. The van der Waals surface area contributed by atoms with Crippen molar-refractivity contribution in [3.63, 3.8) is 0 Å². The second kappa shape index (κ2) is 6.77. The first-order valence-electron chi connectivity index (χ1n) is 7.63. The van der Waals surface area contributed by atoms with Crippen LogP contribution in [0.4, 0.5) is 0 Å². The average Bonchev–Trinajstić information content (AvgIpc) is 3.19. The first-order chi connectivity index (χ1) is 9.72. The molecule has 1 aromatic rings. The number of nitrogens with one attached hydrogen (secondary N) is 1. The highest BCUT2D eigenvalue weighted by Gasteiger charge is 2.25. The molecule has 1 aliphatic carbocycles. The van der Waals surface area contributed by atoms with Crippen molar-refractivity contribution in [3.8, 4) is 0 Å². The van der Waals surface area contributed by atoms with Crippen LogP contribution in [0.2, 0.25) is 0 Å². The van der Waals surface area contributed by atoms with Crippen LogP contribution in [0.3, 0.4) is 0 Å². The highest BCUT2D eigenvalue weighted by Crippen LogP contribution is 2.32. The zero-order valence-corrected chi connectivity index (χ0v) is 14.0. The van der Waals surface area contributed by atoms with E-state index in [-0.39, 0.29) is 6.10 Å². The summed E-state index contributed by atoms with van der Waals surface area (Å²) in [6.45, 7) is 6.39. The molecule has 2 aliphatic rings. The molecule has 112 valence electrons. The van der Waals surface area contributed by atoms with Crippen molar-refractivity contribution < 1.29 is 4.74 Å². The Morgan fingerprint density at radius 3 is 2.90 bits per heavy atom. The summed E-state index contributed by atoms with van der Waals surface area (Å²) in [7, 11) is 0. The van der Waals surface area contributed by atoms with Crippen molar-refractivity contribution in [3.05, 3.63) is 15.6 Å². The van der Waals surface area contributed by atoms with Crippen LogP contribution in [0.15, 0.2) is 0 Å². The van der Waals surface area contributed by atoms with E-state index in [1.165, 1.54) is 28.4 Å². The van der Waals surface area contributed by atoms with Crippen molar-refractivity contribution >= 4 is 23.1 Å². The van der Waals surface area contributed by atoms with Crippen molar-refractivity contribution in [2.75, 3.05) is 18.1 Å². The van der Waals surface area contributed by atoms with E-state index in [9.17, 15) is 0 Å². The predicted molar refractivity (Wildman–Crippen MR) is 86.5 cm³/mol. The van der Waals surface area contributed by atoms with Crippen molar-refractivity contribution in [2.45, 2.75) is 51.8 Å². The Kier molecular flexibility index (Phi) is 5.02. The monoisotopic (exact) mass is 312 g/mol. The molecule has 1 unspecified atom stereocenters. The molecule has 1 aromatic heterocycles. The maximum absolute atomic E-state index is 5.88. The number of rotatable bonds is 6. The Balaban J connectivity index is 1.72. The molecule has 3 rings (SSSR count). The molecule has 1 saturated heterocycles. The largest absolute Gasteiger partial charge is 0.369 e. The van der Waals surface area contributed by atoms with Gasteiger partial charge in [-0.1, -0.05) is 13.8 Å². The van der Waals surface area contributed by atoms with Crippen LogP contribution in [0.5, 0.6) is 0 Å². The average molecular weight is 313 g/mol. The minimum Gasteiger partial charge on any atom is -0.369 e. The summed E-state index contributed by atoms with van der Waals surface area (Å²) in [5.41, 5.74) is 1.30. The van der Waals surface area contributed by atoms with E-state index >= 15 is 0 Å². The second-order valence-electron chi connectivity index (χ2n) is 6.11. The standard InChI is InChI=1S/C15H24N2OS2/c1-10(2)7-12-14(8-16-11-3-4-11)20-15(17-12)13-9-19-6-5-18-13/h10-11,13,16H,3-9H2,1-2H3. The van der Waals surface area contributed by atoms with Gasteiger partial charge in [-0.15, -0.1) is 11.3 Å². The fourth-order valence-electron chi connectivity index (χ4n) is 2.38. The summed E-state index contributed by atoms with van der Waals surface area (Å²) >= 11 is 3.85. The third kappa shape index (κ3) is 3.97. The lowest BCUT2D eigenvalue weighted by atomic mass is 10.1. The van der Waals surface area contributed by atoms with Crippen LogP contribution in [0.1, 0.15) is 48.4 Å². The molecule has 3 nitrogen and oxygen atoms in total. The number of hydrogen-bond donors (Lipinski definition) is 1. The summed E-state index contributed by atoms with van der Waals surface area (Å²) in [6, 6.07) is 0.758. The maximum atomic E-state index is 5.88. The third-order valence-electron chi connectivity index (χ3n) is 3.62. The molecule has 0 spiro atoms. The van der Waals surface area contributed by atoms with Crippen LogP contribution in [-0.2, 0) is 17.7 Å². The number of ether oxygens (including phenoxy) is 1. The minimum atomic E-state index is 0.222. The molecule has 1 saturated carbocycles. The van der Waals surface area contributed by atoms with Crippen molar-refractivity contribution in [2.24, 2.45) is 5.92 Å². The molecule has 0 radical (unpaired) electrons. The Labute approximate surface area is 129 Å². The Bertz CT molecular complexity index is 437. The van der Waals surface area contributed by atoms with Gasteiger partial charge in [0.2, 0.25) is 0 Å². The Hall–Kier alpha value is -0.100. The zero-order chi connectivity index (χ0) is 13.9. The molecule has 0 bridgehead atoms. The highest BCUT2D eigenvalue weighted by molar-refractivity contribution is 7.99.